The molecule has 0 saturated carbocycles. The second kappa shape index (κ2) is 8.07. The van der Waals surface area contributed by atoms with Gasteiger partial charge in [-0.15, -0.1) is 0 Å². The van der Waals surface area contributed by atoms with Crippen molar-refractivity contribution in [2.45, 2.75) is 32.7 Å². The van der Waals surface area contributed by atoms with E-state index in [4.69, 9.17) is 9.47 Å². The van der Waals surface area contributed by atoms with Crippen LogP contribution in [0, 0.1) is 0 Å². The van der Waals surface area contributed by atoms with E-state index in [-0.39, 0.29) is 0 Å². The Bertz CT molecular complexity index is 821. The number of ether oxygens (including phenoxy) is 2. The van der Waals surface area contributed by atoms with Crippen LogP contribution in [0.3, 0.4) is 0 Å². The van der Waals surface area contributed by atoms with Crippen LogP contribution in [0.2, 0.25) is 0 Å². The van der Waals surface area contributed by atoms with Gasteiger partial charge in [-0.3, -0.25) is 0 Å². The van der Waals surface area contributed by atoms with E-state index in [0.29, 0.717) is 24.7 Å². The lowest BCUT2D eigenvalue weighted by Gasteiger charge is -2.22. The zero-order chi connectivity index (χ0) is 18.4. The molecule has 0 heterocycles. The maximum atomic E-state index is 10.4. The average Bonchev–Trinajstić information content (AvgIpc) is 2.65. The second-order valence-corrected chi connectivity index (χ2v) is 6.77. The molecule has 3 aromatic carbocycles. The van der Waals surface area contributed by atoms with Gasteiger partial charge in [0.05, 0.1) is 5.60 Å². The quantitative estimate of drug-likeness (QED) is 0.648. The van der Waals surface area contributed by atoms with E-state index in [0.717, 1.165) is 16.7 Å². The summed E-state index contributed by atoms with van der Waals surface area (Å²) in [6.45, 7) is 4.43. The van der Waals surface area contributed by atoms with Gasteiger partial charge in [-0.2, -0.15) is 0 Å². The lowest BCUT2D eigenvalue weighted by atomic mass is 9.97. The van der Waals surface area contributed by atoms with Gasteiger partial charge < -0.3 is 14.6 Å². The average molecular weight is 348 g/mol. The predicted molar refractivity (Wildman–Crippen MR) is 103 cm³/mol. The molecule has 0 aliphatic heterocycles. The summed E-state index contributed by atoms with van der Waals surface area (Å²) in [7, 11) is 0. The molecule has 0 aliphatic rings. The highest BCUT2D eigenvalue weighted by Crippen LogP contribution is 2.33. The third-order valence-electron chi connectivity index (χ3n) is 4.10. The van der Waals surface area contributed by atoms with Gasteiger partial charge in [-0.05, 0) is 37.1 Å². The molecular weight excluding hydrogens is 324 g/mol. The molecule has 3 aromatic rings. The van der Waals surface area contributed by atoms with Crippen molar-refractivity contribution < 1.29 is 14.6 Å². The summed E-state index contributed by atoms with van der Waals surface area (Å²) in [4.78, 5) is 0. The van der Waals surface area contributed by atoms with Crippen molar-refractivity contribution in [2.24, 2.45) is 0 Å². The first-order valence-electron chi connectivity index (χ1n) is 8.73. The summed E-state index contributed by atoms with van der Waals surface area (Å²) >= 11 is 0. The van der Waals surface area contributed by atoms with Gasteiger partial charge in [0.25, 0.3) is 0 Å². The molecule has 3 heteroatoms. The van der Waals surface area contributed by atoms with Gasteiger partial charge in [0.15, 0.2) is 0 Å². The topological polar surface area (TPSA) is 38.7 Å². The molecule has 0 fully saturated rings. The SMILES string of the molecule is CC(C)(O)c1ccc(OCc2ccccc2)cc1OCc1ccccc1. The van der Waals surface area contributed by atoms with Crippen molar-refractivity contribution in [2.75, 3.05) is 0 Å². The van der Waals surface area contributed by atoms with Crippen molar-refractivity contribution in [3.05, 3.63) is 95.6 Å². The van der Waals surface area contributed by atoms with Crippen LogP contribution in [0.1, 0.15) is 30.5 Å². The Morgan fingerprint density at radius 1 is 0.731 bits per heavy atom. The molecule has 0 atom stereocenters. The van der Waals surface area contributed by atoms with Gasteiger partial charge in [0.2, 0.25) is 0 Å². The summed E-state index contributed by atoms with van der Waals surface area (Å²) in [6, 6.07) is 25.6. The van der Waals surface area contributed by atoms with Gasteiger partial charge in [0.1, 0.15) is 24.7 Å². The molecule has 0 spiro atoms. The molecule has 0 bridgehead atoms. The van der Waals surface area contributed by atoms with Crippen LogP contribution < -0.4 is 9.47 Å². The number of hydrogen-bond donors (Lipinski definition) is 1. The zero-order valence-electron chi connectivity index (χ0n) is 15.2. The third kappa shape index (κ3) is 4.87. The van der Waals surface area contributed by atoms with E-state index in [1.54, 1.807) is 13.8 Å². The van der Waals surface area contributed by atoms with Crippen LogP contribution >= 0.6 is 0 Å². The van der Waals surface area contributed by atoms with E-state index < -0.39 is 5.60 Å². The standard InChI is InChI=1S/C23H24O3/c1-23(2,24)21-14-13-20(25-16-18-9-5-3-6-10-18)15-22(21)26-17-19-11-7-4-8-12-19/h3-15,24H,16-17H2,1-2H3. The highest BCUT2D eigenvalue weighted by Gasteiger charge is 2.21. The van der Waals surface area contributed by atoms with Gasteiger partial charge in [-0.25, -0.2) is 0 Å². The van der Waals surface area contributed by atoms with E-state index in [2.05, 4.69) is 0 Å². The van der Waals surface area contributed by atoms with E-state index in [1.165, 1.54) is 0 Å². The molecule has 0 unspecified atom stereocenters. The lowest BCUT2D eigenvalue weighted by molar-refractivity contribution is 0.0742. The molecule has 0 aliphatic carbocycles. The number of hydrogen-bond acceptors (Lipinski definition) is 3. The number of rotatable bonds is 7. The fourth-order valence-electron chi connectivity index (χ4n) is 2.69. The molecule has 134 valence electrons. The van der Waals surface area contributed by atoms with Crippen LogP contribution in [-0.4, -0.2) is 5.11 Å². The highest BCUT2D eigenvalue weighted by molar-refractivity contribution is 5.43. The Labute approximate surface area is 154 Å². The van der Waals surface area contributed by atoms with Crippen molar-refractivity contribution in [1.82, 2.24) is 0 Å². The molecule has 0 radical (unpaired) electrons. The van der Waals surface area contributed by atoms with Crippen LogP contribution in [0.15, 0.2) is 78.9 Å². The molecule has 26 heavy (non-hydrogen) atoms. The fraction of sp³-hybridized carbons (Fsp3) is 0.217. The fourth-order valence-corrected chi connectivity index (χ4v) is 2.69. The largest absolute Gasteiger partial charge is 0.489 e. The van der Waals surface area contributed by atoms with E-state index in [1.807, 2.05) is 78.9 Å². The van der Waals surface area contributed by atoms with Crippen molar-refractivity contribution in [3.63, 3.8) is 0 Å². The molecule has 0 aromatic heterocycles. The summed E-state index contributed by atoms with van der Waals surface area (Å²) in [5, 5.41) is 10.4. The maximum absolute atomic E-state index is 10.4. The minimum Gasteiger partial charge on any atom is -0.489 e. The minimum atomic E-state index is -0.996. The molecule has 1 N–H and O–H groups in total. The Kier molecular flexibility index (Phi) is 5.59. The smallest absolute Gasteiger partial charge is 0.129 e. The van der Waals surface area contributed by atoms with Gasteiger partial charge in [0, 0.05) is 11.6 Å². The normalized spacial score (nSPS) is 11.2. The molecule has 3 rings (SSSR count). The first-order chi connectivity index (χ1) is 12.5. The van der Waals surface area contributed by atoms with Gasteiger partial charge >= 0.3 is 0 Å². The first-order valence-corrected chi connectivity index (χ1v) is 8.73. The van der Waals surface area contributed by atoms with Crippen LogP contribution in [0.4, 0.5) is 0 Å². The van der Waals surface area contributed by atoms with Crippen LogP contribution in [0.25, 0.3) is 0 Å². The summed E-state index contributed by atoms with van der Waals surface area (Å²) in [6.07, 6.45) is 0. The Balaban J connectivity index is 1.77. The lowest BCUT2D eigenvalue weighted by Crippen LogP contribution is -2.17. The van der Waals surface area contributed by atoms with Crippen LogP contribution in [0.5, 0.6) is 11.5 Å². The highest BCUT2D eigenvalue weighted by atomic mass is 16.5. The monoisotopic (exact) mass is 348 g/mol. The first kappa shape index (κ1) is 18.0. The van der Waals surface area contributed by atoms with Gasteiger partial charge in [-0.1, -0.05) is 60.7 Å². The summed E-state index contributed by atoms with van der Waals surface area (Å²) in [5.74, 6) is 1.34. The van der Waals surface area contributed by atoms with E-state index >= 15 is 0 Å². The Hall–Kier alpha value is -2.78. The third-order valence-corrected chi connectivity index (χ3v) is 4.10. The molecule has 0 saturated heterocycles. The van der Waals surface area contributed by atoms with Crippen molar-refractivity contribution in [3.8, 4) is 11.5 Å². The summed E-state index contributed by atoms with van der Waals surface area (Å²) < 4.78 is 11.9. The van der Waals surface area contributed by atoms with Crippen molar-refractivity contribution in [1.29, 1.82) is 0 Å². The minimum absolute atomic E-state index is 0.437. The second-order valence-electron chi connectivity index (χ2n) is 6.77. The van der Waals surface area contributed by atoms with Crippen molar-refractivity contribution >= 4 is 0 Å². The van der Waals surface area contributed by atoms with Crippen LogP contribution in [-0.2, 0) is 18.8 Å². The summed E-state index contributed by atoms with van der Waals surface area (Å²) in [5.41, 5.74) is 1.92. The molecule has 3 nitrogen and oxygen atoms in total. The molecule has 0 amide bonds. The maximum Gasteiger partial charge on any atom is 0.129 e. The number of benzene rings is 3. The molecular formula is C23H24O3. The number of aliphatic hydroxyl groups is 1. The van der Waals surface area contributed by atoms with E-state index in [9.17, 15) is 5.11 Å². The predicted octanol–water partition coefficient (Wildman–Crippen LogP) is 5.07. The Morgan fingerprint density at radius 2 is 1.27 bits per heavy atom. The Morgan fingerprint density at radius 3 is 1.81 bits per heavy atom. The zero-order valence-corrected chi connectivity index (χ0v) is 15.2.